The van der Waals surface area contributed by atoms with Crippen molar-refractivity contribution in [3.63, 3.8) is 0 Å². The van der Waals surface area contributed by atoms with Gasteiger partial charge in [-0.25, -0.2) is 0 Å². The molecule has 0 saturated heterocycles. The third-order valence-corrected chi connectivity index (χ3v) is 3.80. The Morgan fingerprint density at radius 3 is 2.90 bits per heavy atom. The molecule has 1 aromatic carbocycles. The molecule has 2 aromatic rings. The van der Waals surface area contributed by atoms with Crippen LogP contribution >= 0.6 is 11.3 Å². The number of aliphatic hydroxyl groups is 1. The largest absolute Gasteiger partial charge is 0.493 e. The molecule has 0 aliphatic heterocycles. The number of carbonyl (C=O) groups excluding carboxylic acids is 1. The third-order valence-electron chi connectivity index (χ3n) is 3.10. The van der Waals surface area contributed by atoms with Crippen LogP contribution in [0.1, 0.15) is 23.7 Å². The summed E-state index contributed by atoms with van der Waals surface area (Å²) < 4.78 is 5.56. The summed E-state index contributed by atoms with van der Waals surface area (Å²) in [4.78, 5) is 11.7. The van der Waals surface area contributed by atoms with E-state index in [-0.39, 0.29) is 18.9 Å². The molecule has 0 saturated carbocycles. The number of nitrogens with one attached hydrogen (secondary N) is 1. The van der Waals surface area contributed by atoms with Gasteiger partial charge in [-0.3, -0.25) is 4.79 Å². The average Bonchev–Trinajstić information content (AvgIpc) is 3.01. The minimum Gasteiger partial charge on any atom is -0.493 e. The SMILES string of the molecule is Cc1ccccc1OCCC(=O)NCC(O)c1ccsc1. The number of hydrogen-bond donors (Lipinski definition) is 2. The van der Waals surface area contributed by atoms with Crippen molar-refractivity contribution in [3.05, 3.63) is 52.2 Å². The first-order valence-corrected chi connectivity index (χ1v) is 7.76. The van der Waals surface area contributed by atoms with Crippen LogP contribution in [0, 0.1) is 6.92 Å². The molecule has 5 heteroatoms. The fourth-order valence-electron chi connectivity index (χ4n) is 1.85. The Hall–Kier alpha value is -1.85. The summed E-state index contributed by atoms with van der Waals surface area (Å²) in [5.74, 6) is 0.668. The number of ether oxygens (including phenoxy) is 1. The van der Waals surface area contributed by atoms with Crippen molar-refractivity contribution in [2.24, 2.45) is 0 Å². The maximum absolute atomic E-state index is 11.7. The molecule has 1 amide bonds. The van der Waals surface area contributed by atoms with Crippen LogP contribution in [0.15, 0.2) is 41.1 Å². The second kappa shape index (κ2) is 7.81. The average molecular weight is 305 g/mol. The number of benzene rings is 1. The maximum atomic E-state index is 11.7. The minimum absolute atomic E-state index is 0.127. The maximum Gasteiger partial charge on any atom is 0.223 e. The number of hydrogen-bond acceptors (Lipinski definition) is 4. The number of aryl methyl sites for hydroxylation is 1. The summed E-state index contributed by atoms with van der Waals surface area (Å²) in [5.41, 5.74) is 1.88. The number of para-hydroxylation sites is 1. The number of carbonyl (C=O) groups is 1. The molecule has 0 aliphatic rings. The van der Waals surface area contributed by atoms with Gasteiger partial charge >= 0.3 is 0 Å². The van der Waals surface area contributed by atoms with Crippen molar-refractivity contribution in [1.82, 2.24) is 5.32 Å². The lowest BCUT2D eigenvalue weighted by Gasteiger charge is -2.11. The van der Waals surface area contributed by atoms with Gasteiger partial charge in [0.25, 0.3) is 0 Å². The van der Waals surface area contributed by atoms with E-state index in [0.29, 0.717) is 6.61 Å². The van der Waals surface area contributed by atoms with Crippen LogP contribution in [0.5, 0.6) is 5.75 Å². The van der Waals surface area contributed by atoms with Crippen molar-refractivity contribution < 1.29 is 14.6 Å². The standard InChI is InChI=1S/C16H19NO3S/c1-12-4-2-3-5-15(12)20-8-6-16(19)17-10-14(18)13-7-9-21-11-13/h2-5,7,9,11,14,18H,6,8,10H2,1H3,(H,17,19). The van der Waals surface area contributed by atoms with E-state index in [0.717, 1.165) is 16.9 Å². The summed E-state index contributed by atoms with van der Waals surface area (Å²) in [6, 6.07) is 9.54. The van der Waals surface area contributed by atoms with E-state index in [1.165, 1.54) is 11.3 Å². The molecule has 0 radical (unpaired) electrons. The van der Waals surface area contributed by atoms with E-state index in [1.54, 1.807) is 0 Å². The molecule has 1 aromatic heterocycles. The third kappa shape index (κ3) is 4.88. The molecule has 0 fully saturated rings. The smallest absolute Gasteiger partial charge is 0.223 e. The van der Waals surface area contributed by atoms with Gasteiger partial charge in [0.1, 0.15) is 5.75 Å². The Morgan fingerprint density at radius 2 is 2.19 bits per heavy atom. The Morgan fingerprint density at radius 1 is 1.38 bits per heavy atom. The Labute approximate surface area is 128 Å². The molecule has 0 spiro atoms. The number of aliphatic hydroxyl groups excluding tert-OH is 1. The van der Waals surface area contributed by atoms with Gasteiger partial charge in [-0.1, -0.05) is 18.2 Å². The van der Waals surface area contributed by atoms with Crippen LogP contribution < -0.4 is 10.1 Å². The highest BCUT2D eigenvalue weighted by Gasteiger charge is 2.10. The summed E-state index contributed by atoms with van der Waals surface area (Å²) in [6.45, 7) is 2.51. The van der Waals surface area contributed by atoms with Gasteiger partial charge in [0.2, 0.25) is 5.91 Å². The molecule has 21 heavy (non-hydrogen) atoms. The van der Waals surface area contributed by atoms with E-state index < -0.39 is 6.10 Å². The molecule has 1 heterocycles. The predicted octanol–water partition coefficient (Wildman–Crippen LogP) is 2.68. The molecule has 0 aliphatic carbocycles. The highest BCUT2D eigenvalue weighted by molar-refractivity contribution is 7.07. The summed E-state index contributed by atoms with van der Waals surface area (Å²) >= 11 is 1.52. The van der Waals surface area contributed by atoms with Crippen molar-refractivity contribution in [2.75, 3.05) is 13.2 Å². The lowest BCUT2D eigenvalue weighted by molar-refractivity contribution is -0.122. The number of amides is 1. The molecule has 1 atom stereocenters. The predicted molar refractivity (Wildman–Crippen MR) is 83.6 cm³/mol. The first-order valence-electron chi connectivity index (χ1n) is 6.82. The van der Waals surface area contributed by atoms with Crippen LogP contribution in [-0.2, 0) is 4.79 Å². The van der Waals surface area contributed by atoms with Crippen molar-refractivity contribution >= 4 is 17.2 Å². The second-order valence-corrected chi connectivity index (χ2v) is 5.52. The quantitative estimate of drug-likeness (QED) is 0.827. The van der Waals surface area contributed by atoms with Crippen LogP contribution in [0.4, 0.5) is 0 Å². The number of rotatable bonds is 7. The highest BCUT2D eigenvalue weighted by Crippen LogP contribution is 2.16. The topological polar surface area (TPSA) is 58.6 Å². The zero-order chi connectivity index (χ0) is 15.1. The molecule has 4 nitrogen and oxygen atoms in total. The molecular weight excluding hydrogens is 286 g/mol. The lowest BCUT2D eigenvalue weighted by atomic mass is 10.2. The van der Waals surface area contributed by atoms with Crippen LogP contribution in [0.3, 0.4) is 0 Å². The highest BCUT2D eigenvalue weighted by atomic mass is 32.1. The van der Waals surface area contributed by atoms with Crippen molar-refractivity contribution in [2.45, 2.75) is 19.4 Å². The first-order chi connectivity index (χ1) is 10.2. The van der Waals surface area contributed by atoms with Gasteiger partial charge in [0.15, 0.2) is 0 Å². The fourth-order valence-corrected chi connectivity index (χ4v) is 2.56. The molecular formula is C16H19NO3S. The van der Waals surface area contributed by atoms with Gasteiger partial charge in [-0.2, -0.15) is 11.3 Å². The number of thiophene rings is 1. The van der Waals surface area contributed by atoms with E-state index in [1.807, 2.05) is 48.0 Å². The molecule has 2 rings (SSSR count). The normalized spacial score (nSPS) is 11.9. The zero-order valence-electron chi connectivity index (χ0n) is 11.9. The van der Waals surface area contributed by atoms with E-state index in [9.17, 15) is 9.90 Å². The van der Waals surface area contributed by atoms with Crippen molar-refractivity contribution in [3.8, 4) is 5.75 Å². The zero-order valence-corrected chi connectivity index (χ0v) is 12.7. The van der Waals surface area contributed by atoms with E-state index in [2.05, 4.69) is 5.32 Å². The van der Waals surface area contributed by atoms with Crippen LogP contribution in [0.25, 0.3) is 0 Å². The summed E-state index contributed by atoms with van der Waals surface area (Å²) in [5, 5.41) is 16.3. The molecule has 1 unspecified atom stereocenters. The van der Waals surface area contributed by atoms with Crippen molar-refractivity contribution in [1.29, 1.82) is 0 Å². The molecule has 2 N–H and O–H groups in total. The minimum atomic E-state index is -0.655. The van der Waals surface area contributed by atoms with Crippen LogP contribution in [0.2, 0.25) is 0 Å². The van der Waals surface area contributed by atoms with Crippen LogP contribution in [-0.4, -0.2) is 24.2 Å². The van der Waals surface area contributed by atoms with Gasteiger partial charge in [0, 0.05) is 6.54 Å². The van der Waals surface area contributed by atoms with Gasteiger partial charge in [-0.05, 0) is 40.9 Å². The second-order valence-electron chi connectivity index (χ2n) is 4.74. The monoisotopic (exact) mass is 305 g/mol. The lowest BCUT2D eigenvalue weighted by Crippen LogP contribution is -2.29. The van der Waals surface area contributed by atoms with Gasteiger partial charge < -0.3 is 15.2 Å². The fraction of sp³-hybridized carbons (Fsp3) is 0.312. The molecule has 112 valence electrons. The first kappa shape index (κ1) is 15.5. The van der Waals surface area contributed by atoms with Gasteiger partial charge in [0.05, 0.1) is 19.1 Å². The Bertz CT molecular complexity index is 569. The summed E-state index contributed by atoms with van der Waals surface area (Å²) in [7, 11) is 0. The molecule has 0 bridgehead atoms. The van der Waals surface area contributed by atoms with Gasteiger partial charge in [-0.15, -0.1) is 0 Å². The summed E-state index contributed by atoms with van der Waals surface area (Å²) in [6.07, 6.45) is -0.387. The Balaban J connectivity index is 1.67. The Kier molecular flexibility index (Phi) is 5.78. The van der Waals surface area contributed by atoms with E-state index >= 15 is 0 Å². The van der Waals surface area contributed by atoms with E-state index in [4.69, 9.17) is 4.74 Å².